The molecule has 5 nitrogen and oxygen atoms in total. The van der Waals surface area contributed by atoms with E-state index in [1.807, 2.05) is 13.8 Å². The maximum atomic E-state index is 5.54. The zero-order valence-electron chi connectivity index (χ0n) is 13.2. The molecule has 0 aromatic carbocycles. The maximum Gasteiger partial charge on any atom is 0.134 e. The van der Waals surface area contributed by atoms with Crippen LogP contribution in [0.2, 0.25) is 0 Å². The number of nitrogens with zero attached hydrogens (tertiary/aromatic N) is 2. The van der Waals surface area contributed by atoms with Gasteiger partial charge in [0.2, 0.25) is 0 Å². The highest BCUT2D eigenvalue weighted by molar-refractivity contribution is 5.57. The van der Waals surface area contributed by atoms with Crippen LogP contribution in [0.4, 0.5) is 11.6 Å². The molecule has 0 radical (unpaired) electrons. The summed E-state index contributed by atoms with van der Waals surface area (Å²) in [5.74, 6) is 1.88. The molecule has 0 saturated heterocycles. The SMILES string of the molecule is CCCNc1ncnc(NCCOC(C)C)c1CCC. The number of ether oxygens (including phenoxy) is 1. The summed E-state index contributed by atoms with van der Waals surface area (Å²) in [4.78, 5) is 8.72. The van der Waals surface area contributed by atoms with E-state index in [4.69, 9.17) is 4.74 Å². The van der Waals surface area contributed by atoms with Gasteiger partial charge in [0.1, 0.15) is 18.0 Å². The molecule has 0 aliphatic carbocycles. The smallest absolute Gasteiger partial charge is 0.134 e. The van der Waals surface area contributed by atoms with Crippen molar-refractivity contribution in [2.24, 2.45) is 0 Å². The Bertz CT molecular complexity index is 382. The van der Waals surface area contributed by atoms with E-state index in [1.54, 1.807) is 6.33 Å². The molecule has 0 bridgehead atoms. The zero-order valence-corrected chi connectivity index (χ0v) is 13.2. The highest BCUT2D eigenvalue weighted by Gasteiger charge is 2.10. The van der Waals surface area contributed by atoms with Crippen LogP contribution in [0.5, 0.6) is 0 Å². The molecule has 0 unspecified atom stereocenters. The van der Waals surface area contributed by atoms with Gasteiger partial charge in [-0.1, -0.05) is 20.3 Å². The Kier molecular flexibility index (Phi) is 7.95. The van der Waals surface area contributed by atoms with E-state index in [1.165, 1.54) is 5.56 Å². The second kappa shape index (κ2) is 9.53. The third-order valence-corrected chi connectivity index (χ3v) is 2.83. The molecular weight excluding hydrogens is 252 g/mol. The van der Waals surface area contributed by atoms with Crippen LogP contribution in [-0.2, 0) is 11.2 Å². The van der Waals surface area contributed by atoms with E-state index < -0.39 is 0 Å². The molecule has 0 aliphatic rings. The van der Waals surface area contributed by atoms with Crippen molar-refractivity contribution in [3.8, 4) is 0 Å². The molecule has 0 aliphatic heterocycles. The lowest BCUT2D eigenvalue weighted by atomic mass is 10.1. The Morgan fingerprint density at radius 1 is 1.05 bits per heavy atom. The average molecular weight is 280 g/mol. The maximum absolute atomic E-state index is 5.54. The Labute approximate surface area is 122 Å². The number of aromatic nitrogens is 2. The highest BCUT2D eigenvalue weighted by atomic mass is 16.5. The van der Waals surface area contributed by atoms with Crippen LogP contribution in [0.15, 0.2) is 6.33 Å². The summed E-state index contributed by atoms with van der Waals surface area (Å²) >= 11 is 0. The summed E-state index contributed by atoms with van der Waals surface area (Å²) in [6, 6.07) is 0. The van der Waals surface area contributed by atoms with E-state index >= 15 is 0 Å². The van der Waals surface area contributed by atoms with Crippen LogP contribution in [0, 0.1) is 0 Å². The molecule has 0 amide bonds. The monoisotopic (exact) mass is 280 g/mol. The van der Waals surface area contributed by atoms with Crippen molar-refractivity contribution >= 4 is 11.6 Å². The molecule has 1 heterocycles. The quantitative estimate of drug-likeness (QED) is 0.645. The van der Waals surface area contributed by atoms with Gasteiger partial charge in [0.15, 0.2) is 0 Å². The first-order valence-corrected chi connectivity index (χ1v) is 7.62. The summed E-state index contributed by atoms with van der Waals surface area (Å²) in [6.07, 6.45) is 5.01. The van der Waals surface area contributed by atoms with Gasteiger partial charge in [-0.2, -0.15) is 0 Å². The minimum Gasteiger partial charge on any atom is -0.377 e. The lowest BCUT2D eigenvalue weighted by molar-refractivity contribution is 0.0870. The van der Waals surface area contributed by atoms with Crippen LogP contribution in [0.1, 0.15) is 46.1 Å². The van der Waals surface area contributed by atoms with Crippen molar-refractivity contribution < 1.29 is 4.74 Å². The summed E-state index contributed by atoms with van der Waals surface area (Å²) < 4.78 is 5.54. The molecule has 1 rings (SSSR count). The predicted molar refractivity (Wildman–Crippen MR) is 84.4 cm³/mol. The van der Waals surface area contributed by atoms with Crippen LogP contribution < -0.4 is 10.6 Å². The third-order valence-electron chi connectivity index (χ3n) is 2.83. The Morgan fingerprint density at radius 2 is 1.70 bits per heavy atom. The van der Waals surface area contributed by atoms with Crippen molar-refractivity contribution in [2.45, 2.75) is 53.1 Å². The first kappa shape index (κ1) is 16.7. The fourth-order valence-electron chi connectivity index (χ4n) is 1.91. The van der Waals surface area contributed by atoms with Crippen LogP contribution in [-0.4, -0.2) is 35.8 Å². The molecule has 0 spiro atoms. The fourth-order valence-corrected chi connectivity index (χ4v) is 1.91. The van der Waals surface area contributed by atoms with Gasteiger partial charge in [0.05, 0.1) is 12.7 Å². The van der Waals surface area contributed by atoms with Crippen molar-refractivity contribution in [1.82, 2.24) is 9.97 Å². The van der Waals surface area contributed by atoms with Crippen molar-refractivity contribution in [3.63, 3.8) is 0 Å². The fraction of sp³-hybridized carbons (Fsp3) is 0.733. The van der Waals surface area contributed by atoms with Crippen LogP contribution in [0.3, 0.4) is 0 Å². The van der Waals surface area contributed by atoms with E-state index in [9.17, 15) is 0 Å². The van der Waals surface area contributed by atoms with E-state index in [0.717, 1.165) is 44.0 Å². The van der Waals surface area contributed by atoms with Crippen LogP contribution >= 0.6 is 0 Å². The van der Waals surface area contributed by atoms with Gasteiger partial charge >= 0.3 is 0 Å². The summed E-state index contributed by atoms with van der Waals surface area (Å²) in [5, 5.41) is 6.73. The molecule has 1 aromatic heterocycles. The van der Waals surface area contributed by atoms with Gasteiger partial charge in [0, 0.05) is 18.7 Å². The molecule has 2 N–H and O–H groups in total. The van der Waals surface area contributed by atoms with Gasteiger partial charge in [-0.3, -0.25) is 0 Å². The molecule has 5 heteroatoms. The van der Waals surface area contributed by atoms with Gasteiger partial charge in [-0.05, 0) is 26.7 Å². The molecule has 20 heavy (non-hydrogen) atoms. The first-order valence-electron chi connectivity index (χ1n) is 7.62. The largest absolute Gasteiger partial charge is 0.377 e. The minimum absolute atomic E-state index is 0.263. The summed E-state index contributed by atoms with van der Waals surface area (Å²) in [6.45, 7) is 10.8. The number of anilines is 2. The second-order valence-electron chi connectivity index (χ2n) is 5.07. The molecule has 0 atom stereocenters. The van der Waals surface area contributed by atoms with Gasteiger partial charge in [-0.25, -0.2) is 9.97 Å². The lowest BCUT2D eigenvalue weighted by Gasteiger charge is -2.15. The Hall–Kier alpha value is -1.36. The zero-order chi connectivity index (χ0) is 14.8. The number of rotatable bonds is 10. The van der Waals surface area contributed by atoms with Crippen molar-refractivity contribution in [3.05, 3.63) is 11.9 Å². The van der Waals surface area contributed by atoms with Crippen molar-refractivity contribution in [2.75, 3.05) is 30.3 Å². The molecule has 0 fully saturated rings. The van der Waals surface area contributed by atoms with Gasteiger partial charge in [-0.15, -0.1) is 0 Å². The topological polar surface area (TPSA) is 59.1 Å². The molecule has 114 valence electrons. The Morgan fingerprint density at radius 3 is 2.25 bits per heavy atom. The first-order chi connectivity index (χ1) is 9.69. The molecular formula is C15H28N4O. The second-order valence-corrected chi connectivity index (χ2v) is 5.07. The van der Waals surface area contributed by atoms with Gasteiger partial charge < -0.3 is 15.4 Å². The van der Waals surface area contributed by atoms with E-state index in [2.05, 4.69) is 34.4 Å². The third kappa shape index (κ3) is 5.74. The standard InChI is InChI=1S/C15H28N4O/c1-5-7-13-14(16-8-6-2)18-11-19-15(13)17-9-10-20-12(3)4/h11-12H,5-10H2,1-4H3,(H2,16,17,18,19). The van der Waals surface area contributed by atoms with E-state index in [-0.39, 0.29) is 6.10 Å². The molecule has 1 aromatic rings. The summed E-state index contributed by atoms with van der Waals surface area (Å²) in [5.41, 5.74) is 1.17. The minimum atomic E-state index is 0.263. The molecule has 0 saturated carbocycles. The predicted octanol–water partition coefficient (Wildman–Crippen LogP) is 3.09. The van der Waals surface area contributed by atoms with Crippen molar-refractivity contribution in [1.29, 1.82) is 0 Å². The van der Waals surface area contributed by atoms with Crippen LogP contribution in [0.25, 0.3) is 0 Å². The van der Waals surface area contributed by atoms with Gasteiger partial charge in [0.25, 0.3) is 0 Å². The number of nitrogens with one attached hydrogen (secondary N) is 2. The highest BCUT2D eigenvalue weighted by Crippen LogP contribution is 2.21. The lowest BCUT2D eigenvalue weighted by Crippen LogP contribution is -2.16. The average Bonchev–Trinajstić information content (AvgIpc) is 2.43. The summed E-state index contributed by atoms with van der Waals surface area (Å²) in [7, 11) is 0. The number of hydrogen-bond acceptors (Lipinski definition) is 5. The Balaban J connectivity index is 2.67. The normalized spacial score (nSPS) is 10.8. The number of hydrogen-bond donors (Lipinski definition) is 2. The van der Waals surface area contributed by atoms with E-state index in [0.29, 0.717) is 6.61 Å².